The third-order valence-corrected chi connectivity index (χ3v) is 3.99. The second kappa shape index (κ2) is 3.70. The van der Waals surface area contributed by atoms with Crippen molar-refractivity contribution in [1.82, 2.24) is 0 Å². The molecule has 2 nitrogen and oxygen atoms in total. The van der Waals surface area contributed by atoms with E-state index in [-0.39, 0.29) is 6.61 Å². The molecule has 2 aromatic rings. The molecule has 1 N–H and O–H groups in total. The number of benzene rings is 1. The van der Waals surface area contributed by atoms with Crippen LogP contribution in [0.1, 0.15) is 11.1 Å². The van der Waals surface area contributed by atoms with Crippen LogP contribution in [0.25, 0.3) is 10.1 Å². The Balaban J connectivity index is 2.79. The van der Waals surface area contributed by atoms with Gasteiger partial charge < -0.3 is 5.11 Å². The number of fused-ring (bicyclic) bond motifs is 1. The number of rotatable bonds is 1. The van der Waals surface area contributed by atoms with Gasteiger partial charge in [-0.15, -0.1) is 11.3 Å². The standard InChI is InChI=1S/C10H6BrNOS/c11-10-8(5-13)7-3-6(4-12)1-2-9(7)14-10/h1-3,13H,5H2. The molecule has 0 radical (unpaired) electrons. The van der Waals surface area contributed by atoms with Crippen molar-refractivity contribution < 1.29 is 5.11 Å². The summed E-state index contributed by atoms with van der Waals surface area (Å²) in [6.45, 7) is -0.00450. The van der Waals surface area contributed by atoms with Crippen molar-refractivity contribution in [2.24, 2.45) is 0 Å². The molecular weight excluding hydrogens is 262 g/mol. The molecule has 0 amide bonds. The lowest BCUT2D eigenvalue weighted by atomic mass is 10.1. The van der Waals surface area contributed by atoms with E-state index in [1.54, 1.807) is 17.4 Å². The molecule has 0 saturated heterocycles. The van der Waals surface area contributed by atoms with Crippen molar-refractivity contribution >= 4 is 37.4 Å². The van der Waals surface area contributed by atoms with E-state index in [0.717, 1.165) is 19.4 Å². The summed E-state index contributed by atoms with van der Waals surface area (Å²) in [6.07, 6.45) is 0. The maximum Gasteiger partial charge on any atom is 0.0991 e. The maximum atomic E-state index is 9.16. The molecule has 0 saturated carbocycles. The molecule has 0 fully saturated rings. The fourth-order valence-electron chi connectivity index (χ4n) is 1.34. The molecule has 2 rings (SSSR count). The highest BCUT2D eigenvalue weighted by molar-refractivity contribution is 9.11. The minimum Gasteiger partial charge on any atom is -0.392 e. The Kier molecular flexibility index (Phi) is 2.55. The second-order valence-corrected chi connectivity index (χ2v) is 5.21. The zero-order valence-corrected chi connectivity index (χ0v) is 9.52. The third kappa shape index (κ3) is 1.44. The maximum absolute atomic E-state index is 9.16. The van der Waals surface area contributed by atoms with Gasteiger partial charge in [0.2, 0.25) is 0 Å². The summed E-state index contributed by atoms with van der Waals surface area (Å²) >= 11 is 4.96. The van der Waals surface area contributed by atoms with Gasteiger partial charge in [0.05, 0.1) is 22.0 Å². The number of halogens is 1. The molecule has 14 heavy (non-hydrogen) atoms. The van der Waals surface area contributed by atoms with Crippen LogP contribution in [0.5, 0.6) is 0 Å². The van der Waals surface area contributed by atoms with E-state index in [1.165, 1.54) is 0 Å². The van der Waals surface area contributed by atoms with Crippen molar-refractivity contribution in [3.05, 3.63) is 33.1 Å². The summed E-state index contributed by atoms with van der Waals surface area (Å²) < 4.78 is 2.02. The molecule has 0 aliphatic rings. The summed E-state index contributed by atoms with van der Waals surface area (Å²) in [5.74, 6) is 0. The first-order valence-electron chi connectivity index (χ1n) is 3.98. The number of aliphatic hydroxyl groups excluding tert-OH is 1. The predicted molar refractivity (Wildman–Crippen MR) is 60.2 cm³/mol. The summed E-state index contributed by atoms with van der Waals surface area (Å²) in [5, 5.41) is 18.9. The fourth-order valence-corrected chi connectivity index (χ4v) is 3.12. The van der Waals surface area contributed by atoms with E-state index in [4.69, 9.17) is 10.4 Å². The molecule has 70 valence electrons. The van der Waals surface area contributed by atoms with Crippen LogP contribution in [0.15, 0.2) is 22.0 Å². The van der Waals surface area contributed by atoms with E-state index in [0.29, 0.717) is 5.56 Å². The van der Waals surface area contributed by atoms with E-state index in [9.17, 15) is 0 Å². The molecule has 1 aromatic heterocycles. The van der Waals surface area contributed by atoms with E-state index >= 15 is 0 Å². The summed E-state index contributed by atoms with van der Waals surface area (Å²) in [5.41, 5.74) is 1.49. The lowest BCUT2D eigenvalue weighted by Crippen LogP contribution is -1.81. The highest BCUT2D eigenvalue weighted by Crippen LogP contribution is 2.35. The van der Waals surface area contributed by atoms with Gasteiger partial charge in [0.15, 0.2) is 0 Å². The second-order valence-electron chi connectivity index (χ2n) is 2.84. The van der Waals surface area contributed by atoms with E-state index in [1.807, 2.05) is 12.1 Å². The van der Waals surface area contributed by atoms with Crippen LogP contribution in [0.4, 0.5) is 0 Å². The van der Waals surface area contributed by atoms with Crippen LogP contribution in [-0.2, 0) is 6.61 Å². The molecular formula is C10H6BrNOS. The highest BCUT2D eigenvalue weighted by Gasteiger charge is 2.09. The van der Waals surface area contributed by atoms with Gasteiger partial charge in [0.25, 0.3) is 0 Å². The zero-order chi connectivity index (χ0) is 10.1. The first-order valence-corrected chi connectivity index (χ1v) is 5.59. The lowest BCUT2D eigenvalue weighted by molar-refractivity contribution is 0.283. The number of hydrogen-bond donors (Lipinski definition) is 1. The van der Waals surface area contributed by atoms with Crippen LogP contribution in [0, 0.1) is 11.3 Å². The van der Waals surface area contributed by atoms with Crippen LogP contribution in [-0.4, -0.2) is 5.11 Å². The first-order chi connectivity index (χ1) is 6.76. The number of hydrogen-bond acceptors (Lipinski definition) is 3. The van der Waals surface area contributed by atoms with Crippen molar-refractivity contribution in [2.45, 2.75) is 6.61 Å². The fraction of sp³-hybridized carbons (Fsp3) is 0.100. The number of nitriles is 1. The lowest BCUT2D eigenvalue weighted by Gasteiger charge is -1.94. The largest absolute Gasteiger partial charge is 0.392 e. The summed E-state index contributed by atoms with van der Waals surface area (Å²) in [4.78, 5) is 0. The van der Waals surface area contributed by atoms with Crippen molar-refractivity contribution in [3.8, 4) is 6.07 Å². The number of aliphatic hydroxyl groups is 1. The molecule has 0 unspecified atom stereocenters. The molecule has 0 atom stereocenters. The van der Waals surface area contributed by atoms with Gasteiger partial charge in [-0.25, -0.2) is 0 Å². The van der Waals surface area contributed by atoms with Gasteiger partial charge in [-0.3, -0.25) is 0 Å². The van der Waals surface area contributed by atoms with Crippen LogP contribution < -0.4 is 0 Å². The van der Waals surface area contributed by atoms with Gasteiger partial charge in [-0.05, 0) is 34.1 Å². The highest BCUT2D eigenvalue weighted by atomic mass is 79.9. The topological polar surface area (TPSA) is 44.0 Å². The zero-order valence-electron chi connectivity index (χ0n) is 7.12. The normalized spacial score (nSPS) is 10.4. The monoisotopic (exact) mass is 267 g/mol. The van der Waals surface area contributed by atoms with Crippen LogP contribution in [0.3, 0.4) is 0 Å². The molecule has 0 spiro atoms. The minimum atomic E-state index is -0.00450. The van der Waals surface area contributed by atoms with Gasteiger partial charge in [0, 0.05) is 15.6 Å². The van der Waals surface area contributed by atoms with E-state index < -0.39 is 0 Å². The Morgan fingerprint density at radius 2 is 2.29 bits per heavy atom. The van der Waals surface area contributed by atoms with Gasteiger partial charge in [-0.1, -0.05) is 0 Å². The van der Waals surface area contributed by atoms with Gasteiger partial charge in [-0.2, -0.15) is 5.26 Å². The predicted octanol–water partition coefficient (Wildman–Crippen LogP) is 3.03. The Bertz CT molecular complexity index is 527. The Morgan fingerprint density at radius 1 is 1.50 bits per heavy atom. The molecule has 0 aliphatic carbocycles. The van der Waals surface area contributed by atoms with Crippen molar-refractivity contribution in [3.63, 3.8) is 0 Å². The van der Waals surface area contributed by atoms with Gasteiger partial charge in [0.1, 0.15) is 0 Å². The summed E-state index contributed by atoms with van der Waals surface area (Å²) in [7, 11) is 0. The third-order valence-electron chi connectivity index (χ3n) is 2.03. The Labute approximate surface area is 93.5 Å². The first kappa shape index (κ1) is 9.66. The molecule has 0 aliphatic heterocycles. The van der Waals surface area contributed by atoms with Crippen molar-refractivity contribution in [2.75, 3.05) is 0 Å². The number of nitrogens with zero attached hydrogens (tertiary/aromatic N) is 1. The van der Waals surface area contributed by atoms with Gasteiger partial charge >= 0.3 is 0 Å². The molecule has 0 bridgehead atoms. The average molecular weight is 268 g/mol. The van der Waals surface area contributed by atoms with Crippen molar-refractivity contribution in [1.29, 1.82) is 5.26 Å². The SMILES string of the molecule is N#Cc1ccc2sc(Br)c(CO)c2c1. The smallest absolute Gasteiger partial charge is 0.0991 e. The quantitative estimate of drug-likeness (QED) is 0.863. The van der Waals surface area contributed by atoms with Crippen LogP contribution in [0.2, 0.25) is 0 Å². The average Bonchev–Trinajstić information content (AvgIpc) is 2.52. The summed E-state index contributed by atoms with van der Waals surface area (Å²) in [6, 6.07) is 7.58. The minimum absolute atomic E-state index is 0.00450. The molecule has 4 heteroatoms. The Morgan fingerprint density at radius 3 is 2.93 bits per heavy atom. The molecule has 1 aromatic carbocycles. The Hall–Kier alpha value is -0.890. The van der Waals surface area contributed by atoms with Crippen LogP contribution >= 0.6 is 27.3 Å². The molecule has 1 heterocycles. The number of thiophene rings is 1. The van der Waals surface area contributed by atoms with E-state index in [2.05, 4.69) is 22.0 Å².